The molecule has 1 aromatic heterocycles. The molecule has 1 N–H and O–H groups in total. The van der Waals surface area contributed by atoms with Crippen molar-refractivity contribution in [2.75, 3.05) is 0 Å². The van der Waals surface area contributed by atoms with E-state index in [0.29, 0.717) is 5.56 Å². The number of Topliss-reactive ketones (excluding diaryl/α,β-unsaturated/α-hetero) is 2. The van der Waals surface area contributed by atoms with Gasteiger partial charge in [-0.15, -0.1) is 0 Å². The molecule has 0 amide bonds. The van der Waals surface area contributed by atoms with Crippen LogP contribution >= 0.6 is 0 Å². The van der Waals surface area contributed by atoms with Crippen LogP contribution in [-0.2, 0) is 29.0 Å². The normalized spacial score (nSPS) is 10.8. The van der Waals surface area contributed by atoms with Crippen molar-refractivity contribution in [3.63, 3.8) is 0 Å². The third kappa shape index (κ3) is 5.85. The number of ketones is 2. The van der Waals surface area contributed by atoms with Gasteiger partial charge in [-0.05, 0) is 40.8 Å². The number of halogens is 2. The maximum absolute atomic E-state index is 14.2. The van der Waals surface area contributed by atoms with Crippen LogP contribution in [0.5, 0.6) is 0 Å². The van der Waals surface area contributed by atoms with Crippen LogP contribution in [0.15, 0.2) is 59.5 Å². The second-order valence-corrected chi connectivity index (χ2v) is 7.61. The summed E-state index contributed by atoms with van der Waals surface area (Å²) in [5.41, 5.74) is 1.34. The molecule has 0 fully saturated rings. The Labute approximate surface area is 188 Å². The molecule has 170 valence electrons. The number of rotatable bonds is 9. The average Bonchev–Trinajstić information content (AvgIpc) is 2.78. The molecule has 0 unspecified atom stereocenters. The van der Waals surface area contributed by atoms with Gasteiger partial charge >= 0.3 is 5.97 Å². The van der Waals surface area contributed by atoms with Gasteiger partial charge in [-0.3, -0.25) is 14.4 Å². The minimum atomic E-state index is -1.77. The van der Waals surface area contributed by atoms with Crippen LogP contribution in [-0.4, -0.2) is 27.2 Å². The summed E-state index contributed by atoms with van der Waals surface area (Å²) in [7, 11) is 0. The van der Waals surface area contributed by atoms with E-state index in [0.717, 1.165) is 29.7 Å². The SMILES string of the molecule is CCc1ccc(Cn2cc(Cc3ccc(F)cc3F)cc(C(=O)CC(=O)C(=O)O)c2=O)cc1. The molecule has 3 aromatic rings. The molecule has 0 atom stereocenters. The highest BCUT2D eigenvalue weighted by Crippen LogP contribution is 2.16. The van der Waals surface area contributed by atoms with Crippen molar-refractivity contribution in [1.82, 2.24) is 4.57 Å². The fraction of sp³-hybridized carbons (Fsp3) is 0.200. The van der Waals surface area contributed by atoms with E-state index in [1.807, 2.05) is 31.2 Å². The Kier molecular flexibility index (Phi) is 7.27. The monoisotopic (exact) mass is 453 g/mol. The number of aliphatic carboxylic acids is 1. The molecule has 0 aliphatic carbocycles. The van der Waals surface area contributed by atoms with E-state index in [4.69, 9.17) is 5.11 Å². The first-order valence-electron chi connectivity index (χ1n) is 10.2. The Hall–Kier alpha value is -3.94. The summed E-state index contributed by atoms with van der Waals surface area (Å²) >= 11 is 0. The molecule has 1 heterocycles. The van der Waals surface area contributed by atoms with Crippen molar-refractivity contribution in [3.8, 4) is 0 Å². The number of aromatic nitrogens is 1. The maximum atomic E-state index is 14.2. The average molecular weight is 453 g/mol. The molecule has 3 rings (SSSR count). The molecule has 2 aromatic carbocycles. The van der Waals surface area contributed by atoms with Crippen molar-refractivity contribution >= 4 is 17.5 Å². The van der Waals surface area contributed by atoms with E-state index in [-0.39, 0.29) is 24.1 Å². The Morgan fingerprint density at radius 2 is 1.61 bits per heavy atom. The van der Waals surface area contributed by atoms with E-state index in [2.05, 4.69) is 0 Å². The molecule has 0 bridgehead atoms. The molecule has 0 saturated heterocycles. The molecule has 0 spiro atoms. The molecule has 33 heavy (non-hydrogen) atoms. The van der Waals surface area contributed by atoms with Crippen LogP contribution in [0.2, 0.25) is 0 Å². The number of benzene rings is 2. The van der Waals surface area contributed by atoms with Gasteiger partial charge in [0, 0.05) is 18.7 Å². The Morgan fingerprint density at radius 1 is 0.939 bits per heavy atom. The smallest absolute Gasteiger partial charge is 0.372 e. The lowest BCUT2D eigenvalue weighted by Gasteiger charge is -2.13. The fourth-order valence-corrected chi connectivity index (χ4v) is 3.39. The third-order valence-electron chi connectivity index (χ3n) is 5.20. The molecular weight excluding hydrogens is 432 g/mol. The van der Waals surface area contributed by atoms with E-state index in [1.165, 1.54) is 22.9 Å². The van der Waals surface area contributed by atoms with Crippen molar-refractivity contribution in [2.45, 2.75) is 32.7 Å². The van der Waals surface area contributed by atoms with Crippen LogP contribution in [0.4, 0.5) is 8.78 Å². The van der Waals surface area contributed by atoms with Gasteiger partial charge in [0.15, 0.2) is 5.78 Å². The number of pyridine rings is 1. The van der Waals surface area contributed by atoms with Crippen molar-refractivity contribution in [3.05, 3.63) is 105 Å². The summed E-state index contributed by atoms with van der Waals surface area (Å²) < 4.78 is 28.7. The topological polar surface area (TPSA) is 93.4 Å². The molecule has 0 aliphatic rings. The number of carboxylic acid groups (broad SMARTS) is 1. The van der Waals surface area contributed by atoms with E-state index < -0.39 is 41.2 Å². The lowest BCUT2D eigenvalue weighted by atomic mass is 10.0. The van der Waals surface area contributed by atoms with Crippen LogP contribution in [0.1, 0.15) is 46.0 Å². The predicted molar refractivity (Wildman–Crippen MR) is 116 cm³/mol. The maximum Gasteiger partial charge on any atom is 0.372 e. The van der Waals surface area contributed by atoms with Gasteiger partial charge in [-0.1, -0.05) is 37.3 Å². The molecule has 0 radical (unpaired) electrons. The number of carboxylic acids is 1. The first-order chi connectivity index (χ1) is 15.7. The Bertz CT molecular complexity index is 1280. The van der Waals surface area contributed by atoms with Gasteiger partial charge < -0.3 is 9.67 Å². The summed E-state index contributed by atoms with van der Waals surface area (Å²) in [4.78, 5) is 47.9. The minimum Gasteiger partial charge on any atom is -0.475 e. The summed E-state index contributed by atoms with van der Waals surface area (Å²) in [5, 5.41) is 8.78. The van der Waals surface area contributed by atoms with Gasteiger partial charge in [0.25, 0.3) is 5.56 Å². The number of hydrogen-bond acceptors (Lipinski definition) is 4. The highest BCUT2D eigenvalue weighted by molar-refractivity contribution is 6.37. The zero-order valence-electron chi connectivity index (χ0n) is 17.8. The first-order valence-corrected chi connectivity index (χ1v) is 10.2. The Balaban J connectivity index is 2.03. The van der Waals surface area contributed by atoms with Gasteiger partial charge in [-0.25, -0.2) is 13.6 Å². The minimum absolute atomic E-state index is 0.0473. The second-order valence-electron chi connectivity index (χ2n) is 7.61. The number of carbonyl (C=O) groups excluding carboxylic acids is 2. The van der Waals surface area contributed by atoms with Gasteiger partial charge in [0.1, 0.15) is 11.6 Å². The van der Waals surface area contributed by atoms with Crippen molar-refractivity contribution < 1.29 is 28.3 Å². The van der Waals surface area contributed by atoms with Crippen LogP contribution < -0.4 is 5.56 Å². The number of aryl methyl sites for hydroxylation is 1. The second kappa shape index (κ2) is 10.1. The van der Waals surface area contributed by atoms with Crippen LogP contribution in [0.3, 0.4) is 0 Å². The quantitative estimate of drug-likeness (QED) is 0.304. The van der Waals surface area contributed by atoms with Crippen LogP contribution in [0.25, 0.3) is 0 Å². The van der Waals surface area contributed by atoms with Gasteiger partial charge in [0.05, 0.1) is 18.5 Å². The summed E-state index contributed by atoms with van der Waals surface area (Å²) in [6, 6.07) is 11.8. The van der Waals surface area contributed by atoms with Crippen molar-refractivity contribution in [2.24, 2.45) is 0 Å². The zero-order valence-corrected chi connectivity index (χ0v) is 17.8. The third-order valence-corrected chi connectivity index (χ3v) is 5.20. The molecule has 0 aliphatic heterocycles. The number of hydrogen-bond donors (Lipinski definition) is 1. The summed E-state index contributed by atoms with van der Waals surface area (Å²) in [6.07, 6.45) is 1.29. The standard InChI is InChI=1S/C25H21F2NO5/c1-2-15-3-5-16(6-4-15)13-28-14-17(9-18-7-8-19(26)11-21(18)27)10-20(24(28)31)22(29)12-23(30)25(32)33/h3-8,10-11,14H,2,9,12-13H2,1H3,(H,32,33). The lowest BCUT2D eigenvalue weighted by molar-refractivity contribution is -0.148. The summed E-state index contributed by atoms with van der Waals surface area (Å²) in [5.74, 6) is -5.57. The highest BCUT2D eigenvalue weighted by Gasteiger charge is 2.22. The molecule has 6 nitrogen and oxygen atoms in total. The Morgan fingerprint density at radius 3 is 2.21 bits per heavy atom. The van der Waals surface area contributed by atoms with Crippen LogP contribution in [0, 0.1) is 11.6 Å². The number of nitrogens with zero attached hydrogens (tertiary/aromatic N) is 1. The molecular formula is C25H21F2NO5. The largest absolute Gasteiger partial charge is 0.475 e. The highest BCUT2D eigenvalue weighted by atomic mass is 19.1. The lowest BCUT2D eigenvalue weighted by Crippen LogP contribution is -2.29. The van der Waals surface area contributed by atoms with E-state index in [1.54, 1.807) is 0 Å². The molecule has 8 heteroatoms. The number of carbonyl (C=O) groups is 3. The zero-order chi connectivity index (χ0) is 24.1. The summed E-state index contributed by atoms with van der Waals surface area (Å²) in [6.45, 7) is 2.11. The van der Waals surface area contributed by atoms with E-state index in [9.17, 15) is 28.0 Å². The molecule has 0 saturated carbocycles. The fourth-order valence-electron chi connectivity index (χ4n) is 3.39. The van der Waals surface area contributed by atoms with Gasteiger partial charge in [0.2, 0.25) is 5.78 Å². The van der Waals surface area contributed by atoms with Gasteiger partial charge in [-0.2, -0.15) is 0 Å². The van der Waals surface area contributed by atoms with E-state index >= 15 is 0 Å². The van der Waals surface area contributed by atoms with Crippen molar-refractivity contribution in [1.29, 1.82) is 0 Å². The predicted octanol–water partition coefficient (Wildman–Crippen LogP) is 3.55. The first kappa shape index (κ1) is 23.7.